The third kappa shape index (κ3) is 2.55. The Bertz CT molecular complexity index is 866. The van der Waals surface area contributed by atoms with Gasteiger partial charge in [-0.05, 0) is 25.8 Å². The summed E-state index contributed by atoms with van der Waals surface area (Å²) in [6, 6.07) is 3.38. The summed E-state index contributed by atoms with van der Waals surface area (Å²) in [5, 5.41) is 23.0. The quantitative estimate of drug-likeness (QED) is 0.763. The van der Waals surface area contributed by atoms with E-state index in [-0.39, 0.29) is 18.4 Å². The van der Waals surface area contributed by atoms with Crippen molar-refractivity contribution in [2.24, 2.45) is 0 Å². The van der Waals surface area contributed by atoms with Gasteiger partial charge in [-0.2, -0.15) is 5.26 Å². The number of aliphatic hydroxyl groups is 1. The fraction of sp³-hybridized carbons (Fsp3) is 0.556. The summed E-state index contributed by atoms with van der Waals surface area (Å²) < 4.78 is 0. The standard InChI is InChI=1S/C18H22N6O2/c1-11-14(15-12-5-9-20-16(12)22-10-21-15)17(25)23-24(11)13(4-8-19)18(26)6-2-3-7-18/h5,9-11,13-14,26H,2-4,6-7H2,1H3,(H,23,25)(H,20,21,22). The zero-order chi connectivity index (χ0) is 18.3. The summed E-state index contributed by atoms with van der Waals surface area (Å²) in [6.45, 7) is 1.94. The second-order valence-electron chi connectivity index (χ2n) is 7.29. The molecule has 1 amide bonds. The Hall–Kier alpha value is -2.50. The van der Waals surface area contributed by atoms with E-state index in [1.807, 2.05) is 13.0 Å². The number of aromatic nitrogens is 3. The van der Waals surface area contributed by atoms with Crippen molar-refractivity contribution in [2.75, 3.05) is 0 Å². The molecule has 2 fully saturated rings. The van der Waals surface area contributed by atoms with Crippen molar-refractivity contribution in [3.63, 3.8) is 0 Å². The highest BCUT2D eigenvalue weighted by atomic mass is 16.3. The van der Waals surface area contributed by atoms with Crippen LogP contribution >= 0.6 is 0 Å². The number of nitrogens with zero attached hydrogens (tertiary/aromatic N) is 4. The van der Waals surface area contributed by atoms with E-state index in [9.17, 15) is 15.2 Å². The molecular weight excluding hydrogens is 332 g/mol. The molecule has 4 rings (SSSR count). The van der Waals surface area contributed by atoms with Crippen LogP contribution in [-0.2, 0) is 4.79 Å². The first-order valence-electron chi connectivity index (χ1n) is 9.01. The van der Waals surface area contributed by atoms with Crippen molar-refractivity contribution < 1.29 is 9.90 Å². The Balaban J connectivity index is 1.69. The monoisotopic (exact) mass is 354 g/mol. The zero-order valence-electron chi connectivity index (χ0n) is 14.6. The minimum absolute atomic E-state index is 0.164. The van der Waals surface area contributed by atoms with E-state index >= 15 is 0 Å². The van der Waals surface area contributed by atoms with Crippen LogP contribution in [-0.4, -0.2) is 48.7 Å². The summed E-state index contributed by atoms with van der Waals surface area (Å²) in [4.78, 5) is 24.4. The molecule has 0 bridgehead atoms. The number of H-pyrrole nitrogens is 1. The molecule has 8 nitrogen and oxygen atoms in total. The van der Waals surface area contributed by atoms with E-state index in [0.29, 0.717) is 24.2 Å². The summed E-state index contributed by atoms with van der Waals surface area (Å²) in [6.07, 6.45) is 6.57. The predicted octanol–water partition coefficient (Wildman–Crippen LogP) is 1.36. The van der Waals surface area contributed by atoms with Crippen LogP contribution in [0.2, 0.25) is 0 Å². The highest BCUT2D eigenvalue weighted by molar-refractivity contribution is 5.91. The van der Waals surface area contributed by atoms with Crippen molar-refractivity contribution in [1.82, 2.24) is 25.4 Å². The first kappa shape index (κ1) is 16.9. The molecule has 0 aromatic carbocycles. The SMILES string of the molecule is CC1C(c2ncnc3[nH]ccc23)C(=O)NN1C(CC#N)C1(O)CCCC1. The maximum Gasteiger partial charge on any atom is 0.245 e. The third-order valence-corrected chi connectivity index (χ3v) is 5.83. The van der Waals surface area contributed by atoms with Crippen LogP contribution in [0.25, 0.3) is 11.0 Å². The smallest absolute Gasteiger partial charge is 0.245 e. The van der Waals surface area contributed by atoms with E-state index in [0.717, 1.165) is 18.2 Å². The molecule has 1 saturated carbocycles. The summed E-state index contributed by atoms with van der Waals surface area (Å²) in [5.74, 6) is -0.647. The minimum atomic E-state index is -0.943. The summed E-state index contributed by atoms with van der Waals surface area (Å²) >= 11 is 0. The number of carbonyl (C=O) groups is 1. The molecule has 2 aromatic rings. The first-order chi connectivity index (χ1) is 12.5. The van der Waals surface area contributed by atoms with E-state index < -0.39 is 17.6 Å². The van der Waals surface area contributed by atoms with Gasteiger partial charge in [0.15, 0.2) is 0 Å². The molecule has 3 heterocycles. The number of nitriles is 1. The Morgan fingerprint density at radius 3 is 2.96 bits per heavy atom. The van der Waals surface area contributed by atoms with Crippen molar-refractivity contribution in [2.45, 2.75) is 62.6 Å². The summed E-state index contributed by atoms with van der Waals surface area (Å²) in [7, 11) is 0. The molecule has 0 radical (unpaired) electrons. The van der Waals surface area contributed by atoms with Gasteiger partial charge in [0.05, 0.1) is 35.7 Å². The predicted molar refractivity (Wildman–Crippen MR) is 93.5 cm³/mol. The molecule has 3 N–H and O–H groups in total. The number of carbonyl (C=O) groups excluding carboxylic acids is 1. The number of hydrogen-bond donors (Lipinski definition) is 3. The summed E-state index contributed by atoms with van der Waals surface area (Å²) in [5.41, 5.74) is 3.32. The van der Waals surface area contributed by atoms with Gasteiger partial charge in [0.1, 0.15) is 12.0 Å². The number of rotatable bonds is 4. The Kier molecular flexibility index (Phi) is 4.13. The second kappa shape index (κ2) is 6.34. The van der Waals surface area contributed by atoms with Crippen molar-refractivity contribution >= 4 is 16.9 Å². The van der Waals surface area contributed by atoms with Gasteiger partial charge in [0.2, 0.25) is 5.91 Å². The fourth-order valence-electron chi connectivity index (χ4n) is 4.49. The van der Waals surface area contributed by atoms with Gasteiger partial charge in [-0.3, -0.25) is 10.2 Å². The van der Waals surface area contributed by atoms with Crippen LogP contribution in [0.15, 0.2) is 18.6 Å². The van der Waals surface area contributed by atoms with E-state index in [1.165, 1.54) is 6.33 Å². The molecule has 2 aromatic heterocycles. The van der Waals surface area contributed by atoms with Gasteiger partial charge in [-0.1, -0.05) is 12.8 Å². The van der Waals surface area contributed by atoms with Gasteiger partial charge >= 0.3 is 0 Å². The average Bonchev–Trinajstić information content (AvgIpc) is 3.33. The van der Waals surface area contributed by atoms with Gasteiger partial charge in [-0.25, -0.2) is 15.0 Å². The lowest BCUT2D eigenvalue weighted by molar-refractivity contribution is -0.124. The lowest BCUT2D eigenvalue weighted by Gasteiger charge is -2.39. The normalized spacial score (nSPS) is 26.7. The number of amides is 1. The van der Waals surface area contributed by atoms with Crippen LogP contribution in [0.4, 0.5) is 0 Å². The highest BCUT2D eigenvalue weighted by Gasteiger charge is 2.50. The fourth-order valence-corrected chi connectivity index (χ4v) is 4.49. The minimum Gasteiger partial charge on any atom is -0.388 e. The molecular formula is C18H22N6O2. The van der Waals surface area contributed by atoms with E-state index in [2.05, 4.69) is 26.4 Å². The molecule has 3 unspecified atom stereocenters. The lowest BCUT2D eigenvalue weighted by Crippen LogP contribution is -2.56. The largest absolute Gasteiger partial charge is 0.388 e. The molecule has 0 spiro atoms. The molecule has 2 aliphatic rings. The number of hydrogen-bond acceptors (Lipinski definition) is 6. The lowest BCUT2D eigenvalue weighted by atomic mass is 9.87. The number of fused-ring (bicyclic) bond motifs is 1. The van der Waals surface area contributed by atoms with Gasteiger partial charge in [-0.15, -0.1) is 0 Å². The molecule has 136 valence electrons. The molecule has 8 heteroatoms. The van der Waals surface area contributed by atoms with Crippen LogP contribution in [0.5, 0.6) is 0 Å². The topological polar surface area (TPSA) is 118 Å². The third-order valence-electron chi connectivity index (χ3n) is 5.83. The maximum absolute atomic E-state index is 12.8. The van der Waals surface area contributed by atoms with Crippen LogP contribution < -0.4 is 5.43 Å². The van der Waals surface area contributed by atoms with Crippen LogP contribution in [0.1, 0.15) is 50.6 Å². The van der Waals surface area contributed by atoms with Crippen molar-refractivity contribution in [3.05, 3.63) is 24.3 Å². The van der Waals surface area contributed by atoms with Crippen molar-refractivity contribution in [3.8, 4) is 6.07 Å². The molecule has 1 aliphatic heterocycles. The zero-order valence-corrected chi connectivity index (χ0v) is 14.6. The molecule has 1 aliphatic carbocycles. The first-order valence-corrected chi connectivity index (χ1v) is 9.01. The Morgan fingerprint density at radius 1 is 1.46 bits per heavy atom. The van der Waals surface area contributed by atoms with E-state index in [1.54, 1.807) is 11.2 Å². The van der Waals surface area contributed by atoms with Crippen molar-refractivity contribution in [1.29, 1.82) is 5.26 Å². The number of nitrogens with one attached hydrogen (secondary N) is 2. The van der Waals surface area contributed by atoms with E-state index in [4.69, 9.17) is 0 Å². The van der Waals surface area contributed by atoms with Gasteiger partial charge in [0, 0.05) is 17.6 Å². The molecule has 1 saturated heterocycles. The maximum atomic E-state index is 12.8. The Morgan fingerprint density at radius 2 is 2.23 bits per heavy atom. The van der Waals surface area contributed by atoms with Crippen LogP contribution in [0.3, 0.4) is 0 Å². The number of hydrazine groups is 1. The molecule has 3 atom stereocenters. The second-order valence-corrected chi connectivity index (χ2v) is 7.29. The van der Waals surface area contributed by atoms with Crippen LogP contribution in [0, 0.1) is 11.3 Å². The van der Waals surface area contributed by atoms with Gasteiger partial charge in [0.25, 0.3) is 0 Å². The molecule has 26 heavy (non-hydrogen) atoms. The average molecular weight is 354 g/mol. The number of aromatic amines is 1. The Labute approximate surface area is 151 Å². The van der Waals surface area contributed by atoms with Gasteiger partial charge < -0.3 is 10.1 Å². The highest BCUT2D eigenvalue weighted by Crippen LogP contribution is 2.40.